The number of hydrogen-bond donors (Lipinski definition) is 0. The van der Waals surface area contributed by atoms with Crippen molar-refractivity contribution in [2.45, 2.75) is 181 Å². The maximum atomic E-state index is 2.84. The average molecular weight is 1220 g/mol. The molecule has 0 spiro atoms. The lowest BCUT2D eigenvalue weighted by Crippen LogP contribution is -2.61. The molecule has 3 heterocycles. The van der Waals surface area contributed by atoms with Crippen molar-refractivity contribution in [2.75, 3.05) is 19.6 Å². The summed E-state index contributed by atoms with van der Waals surface area (Å²) in [7, 11) is 0. The SMILES string of the molecule is CC(C)(C)c1ccc(N(c2ccc(C(C)(C)C)cc2)c2ccc3c(c2)C2(C)CCCCC2(C)N3c2cc3c4c(c2)N(c2ccc(C(C)(C)C)cc2-c2ccccc2)c2ccc(C(C)(C)C)cc2B4c2ccccc2N3c2ccc(C(C)(C)C)cc2-c2ccccc2)cc1. The zero-order valence-electron chi connectivity index (χ0n) is 58.5. The highest BCUT2D eigenvalue weighted by atomic mass is 15.3. The fourth-order valence-electron chi connectivity index (χ4n) is 16.1. The summed E-state index contributed by atoms with van der Waals surface area (Å²) in [6.45, 7) is 40.2. The second kappa shape index (κ2) is 22.0. The van der Waals surface area contributed by atoms with Gasteiger partial charge in [0.1, 0.15) is 0 Å². The summed E-state index contributed by atoms with van der Waals surface area (Å²) in [5, 5.41) is 0. The molecular formula is C88H95BN4. The highest BCUT2D eigenvalue weighted by molar-refractivity contribution is 7.00. The normalized spacial score (nSPS) is 17.8. The van der Waals surface area contributed by atoms with E-state index in [0.29, 0.717) is 0 Å². The van der Waals surface area contributed by atoms with E-state index in [1.54, 1.807) is 0 Å². The topological polar surface area (TPSA) is 13.0 Å². The van der Waals surface area contributed by atoms with Crippen LogP contribution in [0.3, 0.4) is 0 Å². The van der Waals surface area contributed by atoms with Gasteiger partial charge in [-0.25, -0.2) is 0 Å². The van der Waals surface area contributed by atoms with Crippen LogP contribution >= 0.6 is 0 Å². The van der Waals surface area contributed by atoms with Crippen LogP contribution < -0.4 is 36.0 Å². The molecule has 4 nitrogen and oxygen atoms in total. The largest absolute Gasteiger partial charge is 0.334 e. The van der Waals surface area contributed by atoms with Crippen LogP contribution in [0.5, 0.6) is 0 Å². The standard InChI is InChI=1S/C88H95BN4/c1-82(2,3)60-34-41-65(42-35-60)90(66-43-36-61(37-44-66)83(4,5)6)67-45-49-76-71(55-67)87(16)50-26-27-51-88(87,17)93(76)68-56-79-81-80(57-68)92(75-47-39-63(85(10,11)12)53-70(75)59-30-22-19-23-31-59)78-48-40-64(86(13,14)15)54-73(78)89(81)72-32-24-25-33-77(72)91(79)74-46-38-62(84(7,8)9)52-69(74)58-28-20-18-21-29-58/h18-25,28-49,52-57H,26-27,50-51H2,1-17H3. The number of benzene rings is 10. The van der Waals surface area contributed by atoms with E-state index in [2.05, 4.69) is 356 Å². The first-order valence-corrected chi connectivity index (χ1v) is 34.4. The molecule has 0 radical (unpaired) electrons. The summed E-state index contributed by atoms with van der Waals surface area (Å²) in [4.78, 5) is 10.7. The fourth-order valence-corrected chi connectivity index (χ4v) is 16.1. The third kappa shape index (κ3) is 10.4. The van der Waals surface area contributed by atoms with Crippen molar-refractivity contribution in [3.05, 3.63) is 252 Å². The van der Waals surface area contributed by atoms with Crippen LogP contribution in [0.1, 0.15) is 177 Å². The predicted molar refractivity (Wildman–Crippen MR) is 402 cm³/mol. The summed E-state index contributed by atoms with van der Waals surface area (Å²) < 4.78 is 0. The van der Waals surface area contributed by atoms with Gasteiger partial charge in [-0.15, -0.1) is 0 Å². The lowest BCUT2D eigenvalue weighted by molar-refractivity contribution is 0.195. The molecule has 2 atom stereocenters. The second-order valence-corrected chi connectivity index (χ2v) is 33.1. The minimum absolute atomic E-state index is 0.0314. The van der Waals surface area contributed by atoms with Gasteiger partial charge in [0.05, 0.1) is 16.9 Å². The molecule has 10 aromatic carbocycles. The summed E-state index contributed by atoms with van der Waals surface area (Å²) in [6, 6.07) is 85.3. The van der Waals surface area contributed by atoms with Gasteiger partial charge in [0, 0.05) is 67.7 Å². The fraction of sp³-hybridized carbons (Fsp3) is 0.318. The lowest BCUT2D eigenvalue weighted by Gasteiger charge is -2.51. The minimum atomic E-state index is -0.288. The van der Waals surface area contributed by atoms with Crippen molar-refractivity contribution >= 4 is 85.7 Å². The van der Waals surface area contributed by atoms with Crippen LogP contribution in [0.2, 0.25) is 0 Å². The van der Waals surface area contributed by atoms with Gasteiger partial charge in [-0.2, -0.15) is 0 Å². The first-order valence-electron chi connectivity index (χ1n) is 34.4. The Labute approximate surface area is 557 Å². The van der Waals surface area contributed by atoms with Gasteiger partial charge < -0.3 is 19.6 Å². The first kappa shape index (κ1) is 61.9. The molecule has 1 saturated carbocycles. The molecule has 0 N–H and O–H groups in total. The smallest absolute Gasteiger partial charge is 0.252 e. The van der Waals surface area contributed by atoms with Gasteiger partial charge in [-0.05, 0) is 199 Å². The zero-order valence-corrected chi connectivity index (χ0v) is 58.5. The Hall–Kier alpha value is -8.54. The molecule has 4 aliphatic rings. The number of hydrogen-bond acceptors (Lipinski definition) is 4. The number of nitrogens with zero attached hydrogens (tertiary/aromatic N) is 4. The molecule has 0 aromatic heterocycles. The maximum absolute atomic E-state index is 2.84. The molecule has 93 heavy (non-hydrogen) atoms. The van der Waals surface area contributed by atoms with E-state index in [9.17, 15) is 0 Å². The third-order valence-corrected chi connectivity index (χ3v) is 21.8. The van der Waals surface area contributed by atoms with E-state index >= 15 is 0 Å². The van der Waals surface area contributed by atoms with E-state index < -0.39 is 0 Å². The molecule has 0 amide bonds. The highest BCUT2D eigenvalue weighted by Gasteiger charge is 2.58. The summed E-state index contributed by atoms with van der Waals surface area (Å²) in [5.41, 5.74) is 29.4. The van der Waals surface area contributed by atoms with Crippen molar-refractivity contribution in [3.63, 3.8) is 0 Å². The molecule has 0 bridgehead atoms. The molecule has 3 aliphatic heterocycles. The van der Waals surface area contributed by atoms with Gasteiger partial charge in [-0.1, -0.05) is 251 Å². The average Bonchev–Trinajstić information content (AvgIpc) is 1.68. The Kier molecular flexibility index (Phi) is 14.7. The van der Waals surface area contributed by atoms with E-state index in [4.69, 9.17) is 0 Å². The molecule has 10 aromatic rings. The molecule has 0 saturated heterocycles. The maximum Gasteiger partial charge on any atom is 0.252 e. The van der Waals surface area contributed by atoms with Gasteiger partial charge in [0.15, 0.2) is 0 Å². The van der Waals surface area contributed by atoms with Crippen molar-refractivity contribution in [3.8, 4) is 22.3 Å². The predicted octanol–water partition coefficient (Wildman–Crippen LogP) is 22.8. The van der Waals surface area contributed by atoms with Crippen LogP contribution in [0.15, 0.2) is 218 Å². The Morgan fingerprint density at radius 1 is 0.344 bits per heavy atom. The molecular weight excluding hydrogens is 1120 g/mol. The van der Waals surface area contributed by atoms with E-state index in [-0.39, 0.29) is 44.7 Å². The second-order valence-electron chi connectivity index (χ2n) is 33.1. The van der Waals surface area contributed by atoms with Gasteiger partial charge in [0.2, 0.25) is 0 Å². The van der Waals surface area contributed by atoms with Crippen LogP contribution in [0.4, 0.5) is 62.6 Å². The molecule has 5 heteroatoms. The number of para-hydroxylation sites is 1. The van der Waals surface area contributed by atoms with E-state index in [0.717, 1.165) is 30.6 Å². The molecule has 14 rings (SSSR count). The molecule has 2 unspecified atom stereocenters. The van der Waals surface area contributed by atoms with Crippen molar-refractivity contribution in [2.24, 2.45) is 0 Å². The number of anilines is 11. The first-order chi connectivity index (χ1) is 44.0. The third-order valence-electron chi connectivity index (χ3n) is 21.8. The van der Waals surface area contributed by atoms with Crippen molar-refractivity contribution < 1.29 is 0 Å². The quantitative estimate of drug-likeness (QED) is 0.141. The van der Waals surface area contributed by atoms with Gasteiger partial charge in [0.25, 0.3) is 6.71 Å². The van der Waals surface area contributed by atoms with Crippen molar-refractivity contribution in [1.82, 2.24) is 0 Å². The summed E-state index contributed by atoms with van der Waals surface area (Å²) in [6.07, 6.45) is 4.49. The zero-order chi connectivity index (χ0) is 65.5. The Balaban J connectivity index is 1.08. The van der Waals surface area contributed by atoms with Gasteiger partial charge >= 0.3 is 0 Å². The van der Waals surface area contributed by atoms with Crippen LogP contribution in [-0.4, -0.2) is 12.3 Å². The van der Waals surface area contributed by atoms with Crippen LogP contribution in [0, 0.1) is 0 Å². The highest BCUT2D eigenvalue weighted by Crippen LogP contribution is 2.63. The molecule has 1 fully saturated rings. The van der Waals surface area contributed by atoms with Crippen molar-refractivity contribution in [1.29, 1.82) is 0 Å². The lowest BCUT2D eigenvalue weighted by atomic mass is 9.33. The van der Waals surface area contributed by atoms with E-state index in [1.165, 1.54) is 130 Å². The molecule has 470 valence electrons. The Morgan fingerprint density at radius 2 is 0.742 bits per heavy atom. The minimum Gasteiger partial charge on any atom is -0.334 e. The summed E-state index contributed by atoms with van der Waals surface area (Å²) >= 11 is 0. The van der Waals surface area contributed by atoms with Gasteiger partial charge in [-0.3, -0.25) is 0 Å². The Morgan fingerprint density at radius 3 is 1.23 bits per heavy atom. The Bertz CT molecular complexity index is 4430. The van der Waals surface area contributed by atoms with Crippen LogP contribution in [-0.2, 0) is 32.5 Å². The molecule has 1 aliphatic carbocycles. The van der Waals surface area contributed by atoms with E-state index in [1.807, 2.05) is 0 Å². The number of rotatable bonds is 8. The summed E-state index contributed by atoms with van der Waals surface area (Å²) in [5.74, 6) is 0. The number of fused-ring (bicyclic) bond motifs is 7. The monoisotopic (exact) mass is 1220 g/mol. The van der Waals surface area contributed by atoms with Crippen LogP contribution in [0.25, 0.3) is 22.3 Å².